The molecule has 0 spiro atoms. The molecule has 0 fully saturated rings. The first-order valence-corrected chi connectivity index (χ1v) is 8.58. The molecule has 3 rings (SSSR count). The topological polar surface area (TPSA) is 75.5 Å². The van der Waals surface area contributed by atoms with Gasteiger partial charge in [0.1, 0.15) is 11.6 Å². The Kier molecular flexibility index (Phi) is 4.96. The lowest BCUT2D eigenvalue weighted by Gasteiger charge is -2.17. The summed E-state index contributed by atoms with van der Waals surface area (Å²) < 4.78 is 10.7. The van der Waals surface area contributed by atoms with Gasteiger partial charge in [-0.1, -0.05) is 6.92 Å². The Balaban J connectivity index is 1.71. The number of fused-ring (bicyclic) bond motifs is 1. The van der Waals surface area contributed by atoms with Crippen LogP contribution < -0.4 is 9.47 Å². The molecule has 1 aliphatic rings. The number of aromatic nitrogens is 1. The van der Waals surface area contributed by atoms with Gasteiger partial charge in [0.15, 0.2) is 11.5 Å². The number of amides is 1. The lowest BCUT2D eigenvalue weighted by molar-refractivity contribution is -0.129. The van der Waals surface area contributed by atoms with E-state index in [1.807, 2.05) is 36.6 Å². The molecule has 1 aromatic heterocycles. The number of carbonyl (C=O) groups excluding carboxylic acids is 1. The van der Waals surface area contributed by atoms with E-state index in [2.05, 4.69) is 4.98 Å². The highest BCUT2D eigenvalue weighted by molar-refractivity contribution is 7.13. The second-order valence-electron chi connectivity index (χ2n) is 5.36. The number of thiazole rings is 1. The van der Waals surface area contributed by atoms with Gasteiger partial charge in [0.2, 0.25) is 12.7 Å². The van der Waals surface area contributed by atoms with Gasteiger partial charge < -0.3 is 14.4 Å². The number of carbonyl (C=O) groups is 1. The fraction of sp³-hybridized carbons (Fsp3) is 0.353. The molecule has 0 N–H and O–H groups in total. The van der Waals surface area contributed by atoms with Gasteiger partial charge in [0.05, 0.1) is 18.2 Å². The molecule has 1 aromatic carbocycles. The maximum Gasteiger partial charge on any atom is 0.231 e. The molecule has 2 aromatic rings. The SMILES string of the molecule is CCCN(CC#N)C(=O)Cc1csc(-c2ccc3c(c2)OCO3)n1. The van der Waals surface area contributed by atoms with E-state index < -0.39 is 0 Å². The molecular formula is C17H17N3O3S. The van der Waals surface area contributed by atoms with Crippen molar-refractivity contribution in [1.29, 1.82) is 5.26 Å². The van der Waals surface area contributed by atoms with Crippen molar-refractivity contribution in [3.8, 4) is 28.1 Å². The number of nitriles is 1. The number of rotatable bonds is 6. The van der Waals surface area contributed by atoms with Crippen LogP contribution in [-0.2, 0) is 11.2 Å². The van der Waals surface area contributed by atoms with Crippen LogP contribution in [0.1, 0.15) is 19.0 Å². The normalized spacial score (nSPS) is 12.0. The molecule has 0 atom stereocenters. The number of hydrogen-bond acceptors (Lipinski definition) is 6. The van der Waals surface area contributed by atoms with E-state index in [0.29, 0.717) is 12.3 Å². The fourth-order valence-electron chi connectivity index (χ4n) is 2.46. The summed E-state index contributed by atoms with van der Waals surface area (Å²) in [6, 6.07) is 7.72. The maximum absolute atomic E-state index is 12.3. The van der Waals surface area contributed by atoms with Crippen molar-refractivity contribution in [3.63, 3.8) is 0 Å². The van der Waals surface area contributed by atoms with Crippen LogP contribution in [0, 0.1) is 11.3 Å². The van der Waals surface area contributed by atoms with Crippen molar-refractivity contribution in [1.82, 2.24) is 9.88 Å². The molecule has 1 amide bonds. The molecule has 1 aliphatic heterocycles. The van der Waals surface area contributed by atoms with Gasteiger partial charge in [-0.2, -0.15) is 5.26 Å². The first-order valence-electron chi connectivity index (χ1n) is 7.70. The van der Waals surface area contributed by atoms with Gasteiger partial charge in [-0.15, -0.1) is 11.3 Å². The molecule has 124 valence electrons. The van der Waals surface area contributed by atoms with Gasteiger partial charge in [-0.25, -0.2) is 4.98 Å². The van der Waals surface area contributed by atoms with E-state index >= 15 is 0 Å². The largest absolute Gasteiger partial charge is 0.454 e. The molecule has 0 bridgehead atoms. The van der Waals surface area contributed by atoms with E-state index in [-0.39, 0.29) is 25.7 Å². The molecule has 0 radical (unpaired) electrons. The second-order valence-corrected chi connectivity index (χ2v) is 6.22. The Morgan fingerprint density at radius 3 is 3.04 bits per heavy atom. The lowest BCUT2D eigenvalue weighted by Crippen LogP contribution is -2.33. The molecule has 6 nitrogen and oxygen atoms in total. The first kappa shape index (κ1) is 16.3. The molecule has 7 heteroatoms. The van der Waals surface area contributed by atoms with Crippen LogP contribution in [0.15, 0.2) is 23.6 Å². The van der Waals surface area contributed by atoms with Crippen LogP contribution in [-0.4, -0.2) is 35.7 Å². The van der Waals surface area contributed by atoms with Crippen molar-refractivity contribution < 1.29 is 14.3 Å². The average molecular weight is 343 g/mol. The fourth-order valence-corrected chi connectivity index (χ4v) is 3.28. The molecule has 0 unspecified atom stereocenters. The van der Waals surface area contributed by atoms with E-state index in [1.165, 1.54) is 11.3 Å². The third-order valence-electron chi connectivity index (χ3n) is 3.61. The Morgan fingerprint density at radius 1 is 1.42 bits per heavy atom. The monoisotopic (exact) mass is 343 g/mol. The third kappa shape index (κ3) is 3.49. The standard InChI is InChI=1S/C17H17N3O3S/c1-2-6-20(7-5-18)16(21)9-13-10-24-17(19-13)12-3-4-14-15(8-12)23-11-22-14/h3-4,8,10H,2,6-7,9,11H2,1H3. The number of benzene rings is 1. The van der Waals surface area contributed by atoms with E-state index in [4.69, 9.17) is 14.7 Å². The van der Waals surface area contributed by atoms with Crippen LogP contribution in [0.5, 0.6) is 11.5 Å². The number of hydrogen-bond donors (Lipinski definition) is 0. The van der Waals surface area contributed by atoms with Crippen molar-refractivity contribution in [2.75, 3.05) is 19.9 Å². The minimum absolute atomic E-state index is 0.0686. The summed E-state index contributed by atoms with van der Waals surface area (Å²) in [5.74, 6) is 1.38. The summed E-state index contributed by atoms with van der Waals surface area (Å²) in [7, 11) is 0. The molecule has 24 heavy (non-hydrogen) atoms. The summed E-state index contributed by atoms with van der Waals surface area (Å²) >= 11 is 1.49. The highest BCUT2D eigenvalue weighted by atomic mass is 32.1. The Hall–Kier alpha value is -2.59. The summed E-state index contributed by atoms with van der Waals surface area (Å²) in [6.45, 7) is 2.93. The van der Waals surface area contributed by atoms with Gasteiger partial charge in [-0.05, 0) is 24.6 Å². The predicted molar refractivity (Wildman–Crippen MR) is 89.9 cm³/mol. The number of nitrogens with zero attached hydrogens (tertiary/aromatic N) is 3. The van der Waals surface area contributed by atoms with Crippen LogP contribution in [0.2, 0.25) is 0 Å². The number of ether oxygens (including phenoxy) is 2. The highest BCUT2D eigenvalue weighted by Gasteiger charge is 2.17. The van der Waals surface area contributed by atoms with Gasteiger partial charge in [0, 0.05) is 17.5 Å². The molecule has 0 saturated carbocycles. The molecule has 0 saturated heterocycles. The zero-order chi connectivity index (χ0) is 16.9. The Morgan fingerprint density at radius 2 is 2.25 bits per heavy atom. The average Bonchev–Trinajstić information content (AvgIpc) is 3.22. The quantitative estimate of drug-likeness (QED) is 0.754. The Labute approximate surface area is 144 Å². The second kappa shape index (κ2) is 7.32. The van der Waals surface area contributed by atoms with E-state index in [9.17, 15) is 4.79 Å². The summed E-state index contributed by atoms with van der Waals surface area (Å²) in [5.41, 5.74) is 1.65. The van der Waals surface area contributed by atoms with E-state index in [1.54, 1.807) is 4.90 Å². The highest BCUT2D eigenvalue weighted by Crippen LogP contribution is 2.36. The van der Waals surface area contributed by atoms with Crippen molar-refractivity contribution in [2.24, 2.45) is 0 Å². The zero-order valence-corrected chi connectivity index (χ0v) is 14.1. The zero-order valence-electron chi connectivity index (χ0n) is 13.3. The third-order valence-corrected chi connectivity index (χ3v) is 4.55. The van der Waals surface area contributed by atoms with Crippen molar-refractivity contribution in [2.45, 2.75) is 19.8 Å². The predicted octanol–water partition coefficient (Wildman–Crippen LogP) is 2.84. The van der Waals surface area contributed by atoms with Crippen LogP contribution in [0.4, 0.5) is 0 Å². The van der Waals surface area contributed by atoms with Crippen molar-refractivity contribution in [3.05, 3.63) is 29.3 Å². The van der Waals surface area contributed by atoms with Crippen LogP contribution in [0.25, 0.3) is 10.6 Å². The Bertz CT molecular complexity index is 782. The lowest BCUT2D eigenvalue weighted by atomic mass is 10.2. The summed E-state index contributed by atoms with van der Waals surface area (Å²) in [6.07, 6.45) is 1.04. The van der Waals surface area contributed by atoms with Crippen LogP contribution in [0.3, 0.4) is 0 Å². The van der Waals surface area contributed by atoms with Gasteiger partial charge >= 0.3 is 0 Å². The first-order chi connectivity index (χ1) is 11.7. The van der Waals surface area contributed by atoms with Gasteiger partial charge in [-0.3, -0.25) is 4.79 Å². The smallest absolute Gasteiger partial charge is 0.231 e. The minimum Gasteiger partial charge on any atom is -0.454 e. The molecule has 2 heterocycles. The summed E-state index contributed by atoms with van der Waals surface area (Å²) in [5, 5.41) is 11.5. The van der Waals surface area contributed by atoms with Crippen molar-refractivity contribution >= 4 is 17.2 Å². The van der Waals surface area contributed by atoms with E-state index in [0.717, 1.165) is 28.4 Å². The van der Waals surface area contributed by atoms with Crippen LogP contribution >= 0.6 is 11.3 Å². The van der Waals surface area contributed by atoms with Gasteiger partial charge in [0.25, 0.3) is 0 Å². The molecule has 0 aliphatic carbocycles. The molecular weight excluding hydrogens is 326 g/mol. The maximum atomic E-state index is 12.3. The minimum atomic E-state index is -0.0686. The summed E-state index contributed by atoms with van der Waals surface area (Å²) in [4.78, 5) is 18.4.